The van der Waals surface area contributed by atoms with Crippen LogP contribution in [0, 0.1) is 17.3 Å². The lowest BCUT2D eigenvalue weighted by Gasteiger charge is -2.44. The van der Waals surface area contributed by atoms with Crippen molar-refractivity contribution in [2.75, 3.05) is 6.61 Å². The molecule has 2 saturated carbocycles. The average molecular weight is 238 g/mol. The van der Waals surface area contributed by atoms with Gasteiger partial charge in [0.1, 0.15) is 0 Å². The summed E-state index contributed by atoms with van der Waals surface area (Å²) in [5, 5.41) is 0. The minimum absolute atomic E-state index is 0.576. The fourth-order valence-electron chi connectivity index (χ4n) is 3.74. The molecule has 2 aliphatic rings. The van der Waals surface area contributed by atoms with E-state index in [9.17, 15) is 4.79 Å². The molecule has 2 rings (SSSR count). The summed E-state index contributed by atoms with van der Waals surface area (Å²) in [6, 6.07) is 0. The zero-order valence-electron chi connectivity index (χ0n) is 11.1. The Kier molecular flexibility index (Phi) is 4.47. The summed E-state index contributed by atoms with van der Waals surface area (Å²) in [5.41, 5.74) is 0.703. The zero-order valence-corrected chi connectivity index (χ0v) is 11.1. The Morgan fingerprint density at radius 3 is 2.29 bits per heavy atom. The molecule has 98 valence electrons. The minimum Gasteiger partial charge on any atom is -0.468 e. The van der Waals surface area contributed by atoms with Crippen LogP contribution >= 0.6 is 0 Å². The highest BCUT2D eigenvalue weighted by atomic mass is 16.5. The van der Waals surface area contributed by atoms with Gasteiger partial charge in [0.2, 0.25) is 0 Å². The molecule has 0 aromatic carbocycles. The van der Waals surface area contributed by atoms with Gasteiger partial charge in [0, 0.05) is 0 Å². The van der Waals surface area contributed by atoms with Gasteiger partial charge >= 0.3 is 0 Å². The molecule has 0 atom stereocenters. The number of hydrogen-bond donors (Lipinski definition) is 0. The molecular weight excluding hydrogens is 212 g/mol. The number of hydrogen-bond acceptors (Lipinski definition) is 2. The summed E-state index contributed by atoms with van der Waals surface area (Å²) in [4.78, 5) is 10.1. The Morgan fingerprint density at radius 2 is 1.71 bits per heavy atom. The van der Waals surface area contributed by atoms with Gasteiger partial charge in [-0.05, 0) is 62.2 Å². The zero-order chi connectivity index (χ0) is 12.1. The highest BCUT2D eigenvalue weighted by Crippen LogP contribution is 2.50. The molecule has 1 spiro atoms. The Balaban J connectivity index is 1.72. The standard InChI is InChI=1S/C15H26O2/c1-13-2-7-15(8-3-13)9-4-14(5-10-15)6-11-17-12-16/h12-14H,2-11H2,1H3. The van der Waals surface area contributed by atoms with Gasteiger partial charge in [-0.15, -0.1) is 0 Å². The average Bonchev–Trinajstić information content (AvgIpc) is 2.36. The second-order valence-electron chi connectivity index (χ2n) is 6.38. The first-order valence-electron chi connectivity index (χ1n) is 7.29. The summed E-state index contributed by atoms with van der Waals surface area (Å²) in [6.45, 7) is 3.60. The fraction of sp³-hybridized carbons (Fsp3) is 0.933. The van der Waals surface area contributed by atoms with Crippen LogP contribution in [0.1, 0.15) is 64.7 Å². The van der Waals surface area contributed by atoms with Crippen molar-refractivity contribution in [3.05, 3.63) is 0 Å². The maximum atomic E-state index is 10.1. The Hall–Kier alpha value is -0.530. The van der Waals surface area contributed by atoms with Crippen LogP contribution in [0.25, 0.3) is 0 Å². The lowest BCUT2D eigenvalue weighted by Crippen LogP contribution is -2.31. The quantitative estimate of drug-likeness (QED) is 0.548. The lowest BCUT2D eigenvalue weighted by atomic mass is 9.61. The summed E-state index contributed by atoms with van der Waals surface area (Å²) in [5.74, 6) is 1.76. The molecule has 0 aromatic rings. The molecule has 2 nitrogen and oxygen atoms in total. The normalized spacial score (nSPS) is 37.9. The smallest absolute Gasteiger partial charge is 0.293 e. The van der Waals surface area contributed by atoms with Gasteiger partial charge in [0.05, 0.1) is 6.61 Å². The largest absolute Gasteiger partial charge is 0.468 e. The summed E-state index contributed by atoms with van der Waals surface area (Å²) >= 11 is 0. The third-order valence-corrected chi connectivity index (χ3v) is 5.21. The molecule has 0 amide bonds. The van der Waals surface area contributed by atoms with Crippen LogP contribution in [0.4, 0.5) is 0 Å². The Labute approximate surface area is 105 Å². The third-order valence-electron chi connectivity index (χ3n) is 5.21. The van der Waals surface area contributed by atoms with Crippen LogP contribution in [0.2, 0.25) is 0 Å². The summed E-state index contributed by atoms with van der Waals surface area (Å²) < 4.78 is 4.81. The van der Waals surface area contributed by atoms with Crippen molar-refractivity contribution in [2.24, 2.45) is 17.3 Å². The van der Waals surface area contributed by atoms with Gasteiger partial charge in [-0.2, -0.15) is 0 Å². The molecule has 2 fully saturated rings. The van der Waals surface area contributed by atoms with Crippen molar-refractivity contribution >= 4 is 6.47 Å². The monoisotopic (exact) mass is 238 g/mol. The maximum absolute atomic E-state index is 10.1. The van der Waals surface area contributed by atoms with E-state index in [2.05, 4.69) is 6.92 Å². The molecule has 0 aliphatic heterocycles. The van der Waals surface area contributed by atoms with Gasteiger partial charge in [0.15, 0.2) is 0 Å². The van der Waals surface area contributed by atoms with E-state index in [1.165, 1.54) is 51.4 Å². The molecule has 0 unspecified atom stereocenters. The van der Waals surface area contributed by atoms with Gasteiger partial charge < -0.3 is 4.74 Å². The predicted octanol–water partition coefficient (Wildman–Crippen LogP) is 3.94. The van der Waals surface area contributed by atoms with Crippen molar-refractivity contribution in [2.45, 2.75) is 64.7 Å². The highest BCUT2D eigenvalue weighted by Gasteiger charge is 2.37. The van der Waals surface area contributed by atoms with E-state index in [-0.39, 0.29) is 0 Å². The van der Waals surface area contributed by atoms with Crippen LogP contribution in [0.3, 0.4) is 0 Å². The minimum atomic E-state index is 0.576. The molecule has 17 heavy (non-hydrogen) atoms. The fourth-order valence-corrected chi connectivity index (χ4v) is 3.74. The molecule has 0 radical (unpaired) electrons. The van der Waals surface area contributed by atoms with Crippen LogP contribution in [0.15, 0.2) is 0 Å². The van der Waals surface area contributed by atoms with E-state index in [1.54, 1.807) is 0 Å². The molecule has 0 heterocycles. The molecule has 0 aromatic heterocycles. The van der Waals surface area contributed by atoms with Crippen molar-refractivity contribution in [3.8, 4) is 0 Å². The maximum Gasteiger partial charge on any atom is 0.293 e. The Morgan fingerprint density at radius 1 is 1.12 bits per heavy atom. The molecule has 0 bridgehead atoms. The SMILES string of the molecule is CC1CCC2(CC1)CCC(CCOC=O)CC2. The first-order chi connectivity index (χ1) is 8.24. The summed E-state index contributed by atoms with van der Waals surface area (Å²) in [7, 11) is 0. The molecular formula is C15H26O2. The van der Waals surface area contributed by atoms with E-state index in [0.29, 0.717) is 18.5 Å². The van der Waals surface area contributed by atoms with Crippen molar-refractivity contribution in [3.63, 3.8) is 0 Å². The summed E-state index contributed by atoms with van der Waals surface area (Å²) in [6.07, 6.45) is 12.4. The second kappa shape index (κ2) is 5.88. The first-order valence-corrected chi connectivity index (χ1v) is 7.29. The Bertz CT molecular complexity index is 231. The third kappa shape index (κ3) is 3.46. The molecule has 0 saturated heterocycles. The van der Waals surface area contributed by atoms with Crippen LogP contribution in [-0.4, -0.2) is 13.1 Å². The highest BCUT2D eigenvalue weighted by molar-refractivity contribution is 5.36. The van der Waals surface area contributed by atoms with Gasteiger partial charge in [0.25, 0.3) is 6.47 Å². The van der Waals surface area contributed by atoms with Crippen molar-refractivity contribution < 1.29 is 9.53 Å². The topological polar surface area (TPSA) is 26.3 Å². The van der Waals surface area contributed by atoms with Crippen molar-refractivity contribution in [1.29, 1.82) is 0 Å². The number of carbonyl (C=O) groups excluding carboxylic acids is 1. The van der Waals surface area contributed by atoms with E-state index >= 15 is 0 Å². The van der Waals surface area contributed by atoms with Gasteiger partial charge in [-0.1, -0.05) is 19.8 Å². The van der Waals surface area contributed by atoms with E-state index in [4.69, 9.17) is 4.74 Å². The van der Waals surface area contributed by atoms with Gasteiger partial charge in [-0.25, -0.2) is 0 Å². The molecule has 2 aliphatic carbocycles. The van der Waals surface area contributed by atoms with Crippen LogP contribution in [0.5, 0.6) is 0 Å². The molecule has 0 N–H and O–H groups in total. The number of carbonyl (C=O) groups is 1. The van der Waals surface area contributed by atoms with Gasteiger partial charge in [-0.3, -0.25) is 4.79 Å². The predicted molar refractivity (Wildman–Crippen MR) is 68.7 cm³/mol. The first kappa shape index (κ1) is 12.9. The van der Waals surface area contributed by atoms with Crippen LogP contribution in [-0.2, 0) is 9.53 Å². The van der Waals surface area contributed by atoms with Crippen LogP contribution < -0.4 is 0 Å². The van der Waals surface area contributed by atoms with E-state index in [1.807, 2.05) is 0 Å². The van der Waals surface area contributed by atoms with E-state index in [0.717, 1.165) is 18.3 Å². The van der Waals surface area contributed by atoms with E-state index < -0.39 is 0 Å². The van der Waals surface area contributed by atoms with Crippen molar-refractivity contribution in [1.82, 2.24) is 0 Å². The lowest BCUT2D eigenvalue weighted by molar-refractivity contribution is -0.129. The molecule has 2 heteroatoms. The second-order valence-corrected chi connectivity index (χ2v) is 6.38. The number of ether oxygens (including phenoxy) is 1. The number of rotatable bonds is 4.